The highest BCUT2D eigenvalue weighted by atomic mass is 16.3. The number of imidazole rings is 2. The number of H-pyrrole nitrogens is 5. The van der Waals surface area contributed by atoms with E-state index in [1.165, 1.54) is 60.7 Å². The van der Waals surface area contributed by atoms with Crippen LogP contribution in [0, 0.1) is 0 Å². The van der Waals surface area contributed by atoms with Crippen molar-refractivity contribution in [2.75, 3.05) is 4.90 Å². The maximum absolute atomic E-state index is 13.5. The largest absolute Gasteiger partial charge is 0.494 e. The molecule has 16 nitrogen and oxygen atoms in total. The highest BCUT2D eigenvalue weighted by molar-refractivity contribution is 6.37. The molecule has 0 radical (unpaired) electrons. The van der Waals surface area contributed by atoms with E-state index in [2.05, 4.69) is 30.2 Å². The molecular weight excluding hydrogens is 636 g/mol. The summed E-state index contributed by atoms with van der Waals surface area (Å²) in [6, 6.07) is 16.4. The normalized spacial score (nSPS) is 14.9. The predicted molar refractivity (Wildman–Crippen MR) is 178 cm³/mol. The smallest absolute Gasteiger partial charge is 0.335 e. The van der Waals surface area contributed by atoms with Gasteiger partial charge < -0.3 is 25.0 Å². The van der Waals surface area contributed by atoms with Gasteiger partial charge >= 0.3 is 23.1 Å². The Labute approximate surface area is 271 Å². The van der Waals surface area contributed by atoms with Crippen molar-refractivity contribution in [2.24, 2.45) is 0 Å². The Morgan fingerprint density at radius 1 is 0.694 bits per heavy atom. The molecule has 242 valence electrons. The number of hydrogen-bond donors (Lipinski definition) is 7. The molecule has 3 aromatic heterocycles. The number of imide groups is 2. The molecule has 7 N–H and O–H groups in total. The van der Waals surface area contributed by atoms with Crippen molar-refractivity contribution in [3.63, 3.8) is 0 Å². The second-order valence-corrected chi connectivity index (χ2v) is 10.8. The van der Waals surface area contributed by atoms with Crippen molar-refractivity contribution in [1.82, 2.24) is 34.8 Å². The maximum Gasteiger partial charge on any atom is 0.335 e. The first-order valence-electron chi connectivity index (χ1n) is 14.5. The summed E-state index contributed by atoms with van der Waals surface area (Å²) in [5, 5.41) is 12.7. The monoisotopic (exact) mass is 658 g/mol. The number of carbonyl (C=O) groups excluding carboxylic acids is 3. The zero-order valence-electron chi connectivity index (χ0n) is 24.9. The maximum atomic E-state index is 13.5. The zero-order chi connectivity index (χ0) is 34.4. The Hall–Kier alpha value is -7.49. The number of fused-ring (bicyclic) bond motifs is 2. The van der Waals surface area contributed by atoms with Crippen molar-refractivity contribution in [3.05, 3.63) is 143 Å². The van der Waals surface area contributed by atoms with E-state index in [1.54, 1.807) is 30.3 Å². The number of allylic oxidation sites excluding steroid dienone is 4. The first-order chi connectivity index (χ1) is 23.6. The lowest BCUT2D eigenvalue weighted by molar-refractivity contribution is -0.122. The molecule has 0 atom stereocenters. The number of urea groups is 1. The van der Waals surface area contributed by atoms with Gasteiger partial charge in [0.1, 0.15) is 11.1 Å². The third-order valence-corrected chi connectivity index (χ3v) is 7.70. The molecule has 1 aliphatic heterocycles. The van der Waals surface area contributed by atoms with Crippen LogP contribution >= 0.6 is 0 Å². The average Bonchev–Trinajstić information content (AvgIpc) is 3.63. The minimum atomic E-state index is -0.983. The van der Waals surface area contributed by atoms with Crippen LogP contribution in [0.4, 0.5) is 10.5 Å². The summed E-state index contributed by atoms with van der Waals surface area (Å²) in [5.74, 6) is -2.58. The summed E-state index contributed by atoms with van der Waals surface area (Å²) in [6.45, 7) is 0. The van der Waals surface area contributed by atoms with Crippen LogP contribution in [0.3, 0.4) is 0 Å². The molecule has 1 fully saturated rings. The number of anilines is 1. The van der Waals surface area contributed by atoms with Gasteiger partial charge in [0.05, 0.1) is 33.4 Å². The fourth-order valence-corrected chi connectivity index (χ4v) is 5.38. The number of hydrogen-bond acceptors (Lipinski definition) is 8. The fraction of sp³-hybridized carbons (Fsp3) is 0. The molecule has 3 aromatic carbocycles. The number of aromatic hydroxyl groups is 1. The van der Waals surface area contributed by atoms with Gasteiger partial charge in [0.15, 0.2) is 0 Å². The van der Waals surface area contributed by atoms with Gasteiger partial charge in [-0.15, -0.1) is 0 Å². The molecule has 49 heavy (non-hydrogen) atoms. The Morgan fingerprint density at radius 3 is 1.98 bits per heavy atom. The van der Waals surface area contributed by atoms with Gasteiger partial charge in [0.2, 0.25) is 5.88 Å². The van der Waals surface area contributed by atoms with Crippen LogP contribution in [0.5, 0.6) is 5.88 Å². The molecule has 6 aromatic rings. The lowest BCUT2D eigenvalue weighted by atomic mass is 10.0. The Kier molecular flexibility index (Phi) is 7.21. The quantitative estimate of drug-likeness (QED) is 0.0790. The summed E-state index contributed by atoms with van der Waals surface area (Å²) < 4.78 is 0.787. The molecule has 4 amide bonds. The molecule has 4 heterocycles. The van der Waals surface area contributed by atoms with Gasteiger partial charge in [-0.05, 0) is 59.7 Å². The van der Waals surface area contributed by atoms with E-state index in [1.807, 2.05) is 0 Å². The minimum absolute atomic E-state index is 0.0997. The zero-order valence-corrected chi connectivity index (χ0v) is 24.9. The van der Waals surface area contributed by atoms with Gasteiger partial charge in [-0.25, -0.2) is 28.6 Å². The van der Waals surface area contributed by atoms with Crippen LogP contribution < -0.4 is 32.8 Å². The van der Waals surface area contributed by atoms with Crippen LogP contribution in [0.15, 0.2) is 110 Å². The van der Waals surface area contributed by atoms with E-state index in [0.717, 1.165) is 9.47 Å². The summed E-state index contributed by atoms with van der Waals surface area (Å²) in [5.41, 5.74) is -0.672. The van der Waals surface area contributed by atoms with Crippen molar-refractivity contribution < 1.29 is 19.5 Å². The molecular formula is C33H22N8O8. The molecule has 7 rings (SSSR count). The molecule has 0 saturated carbocycles. The van der Waals surface area contributed by atoms with Crippen LogP contribution in [0.1, 0.15) is 11.1 Å². The number of nitrogens with one attached hydrogen (secondary N) is 6. The van der Waals surface area contributed by atoms with Gasteiger partial charge in [-0.1, -0.05) is 42.5 Å². The predicted octanol–water partition coefficient (Wildman–Crippen LogP) is 1.88. The standard InChI is InChI=1S/C33H22N8O8/c42-26-20(28(44)40(32(48)38-26)18-8-12-22-24(14-18)36-30(46)34-22)10-6-17(16-4-2-1-3-5-16)7-11-21-27(43)39-33(49)41(29(21)45)19-9-13-23-25(15-19)37-31(47)35-23/h1-15,42H,(H,38,48)(H2,34,36,46)(H2,35,37,47)(H,39,43,49). The molecule has 0 spiro atoms. The minimum Gasteiger partial charge on any atom is -0.494 e. The second-order valence-electron chi connectivity index (χ2n) is 10.8. The second kappa shape index (κ2) is 11.7. The lowest BCUT2D eigenvalue weighted by Crippen LogP contribution is -2.54. The molecule has 1 aliphatic rings. The third-order valence-electron chi connectivity index (χ3n) is 7.70. The topological polar surface area (TPSA) is 239 Å². The number of benzene rings is 3. The van der Waals surface area contributed by atoms with E-state index < -0.39 is 51.9 Å². The van der Waals surface area contributed by atoms with Crippen molar-refractivity contribution in [1.29, 1.82) is 0 Å². The highest BCUT2D eigenvalue weighted by Crippen LogP contribution is 2.25. The number of amides is 4. The lowest BCUT2D eigenvalue weighted by Gasteiger charge is -2.26. The van der Waals surface area contributed by atoms with Gasteiger partial charge in [0, 0.05) is 0 Å². The molecule has 0 aliphatic carbocycles. The third kappa shape index (κ3) is 5.50. The first-order valence-corrected chi connectivity index (χ1v) is 14.5. The van der Waals surface area contributed by atoms with Crippen molar-refractivity contribution in [3.8, 4) is 11.6 Å². The van der Waals surface area contributed by atoms with E-state index in [-0.39, 0.29) is 16.9 Å². The summed E-state index contributed by atoms with van der Waals surface area (Å²) in [7, 11) is 0. The summed E-state index contributed by atoms with van der Waals surface area (Å²) >= 11 is 0. The molecule has 0 unspecified atom stereocenters. The number of aromatic amines is 5. The van der Waals surface area contributed by atoms with Crippen LogP contribution in [-0.4, -0.2) is 52.4 Å². The number of barbiturate groups is 1. The van der Waals surface area contributed by atoms with Crippen molar-refractivity contribution in [2.45, 2.75) is 0 Å². The van der Waals surface area contributed by atoms with E-state index >= 15 is 0 Å². The molecule has 1 saturated heterocycles. The number of rotatable bonds is 6. The van der Waals surface area contributed by atoms with E-state index in [0.29, 0.717) is 33.2 Å². The van der Waals surface area contributed by atoms with Gasteiger partial charge in [0.25, 0.3) is 17.4 Å². The Bertz CT molecular complexity index is 2700. The Morgan fingerprint density at radius 2 is 1.31 bits per heavy atom. The summed E-state index contributed by atoms with van der Waals surface area (Å²) in [6.07, 6.45) is 5.31. The number of carbonyl (C=O) groups is 3. The van der Waals surface area contributed by atoms with E-state index in [4.69, 9.17) is 0 Å². The Balaban J connectivity index is 1.28. The average molecular weight is 659 g/mol. The van der Waals surface area contributed by atoms with Crippen molar-refractivity contribution >= 4 is 57.2 Å². The highest BCUT2D eigenvalue weighted by Gasteiger charge is 2.36. The molecule has 0 bridgehead atoms. The first kappa shape index (κ1) is 30.2. The number of aromatic nitrogens is 6. The van der Waals surface area contributed by atoms with Crippen LogP contribution in [0.2, 0.25) is 0 Å². The molecule has 16 heteroatoms. The summed E-state index contributed by atoms with van der Waals surface area (Å²) in [4.78, 5) is 102. The number of nitrogens with zero attached hydrogens (tertiary/aromatic N) is 2. The van der Waals surface area contributed by atoms with Crippen LogP contribution in [0.25, 0.3) is 39.4 Å². The van der Waals surface area contributed by atoms with Crippen LogP contribution in [-0.2, 0) is 9.59 Å². The van der Waals surface area contributed by atoms with Gasteiger partial charge in [-0.2, -0.15) is 0 Å². The fourth-order valence-electron chi connectivity index (χ4n) is 5.38. The SMILES string of the molecule is O=C1NC(=O)N(c2ccc3[nH]c(=O)[nH]c3c2)C(=O)C1=CC=C(C=Cc1c(O)[nH]c(=O)n(-c2ccc3[nH]c(=O)[nH]c3c2)c1=O)c1ccccc1. The van der Waals surface area contributed by atoms with E-state index in [9.17, 15) is 38.7 Å². The van der Waals surface area contributed by atoms with Gasteiger partial charge in [-0.3, -0.25) is 24.7 Å².